The first-order chi connectivity index (χ1) is 8.67. The van der Waals surface area contributed by atoms with Crippen LogP contribution in [0.2, 0.25) is 0 Å². The Balaban J connectivity index is 2.26. The van der Waals surface area contributed by atoms with Gasteiger partial charge in [0.2, 0.25) is 0 Å². The van der Waals surface area contributed by atoms with Crippen LogP contribution in [-0.2, 0) is 24.2 Å². The van der Waals surface area contributed by atoms with E-state index < -0.39 is 0 Å². The zero-order chi connectivity index (χ0) is 13.4. The first kappa shape index (κ1) is 14.9. The summed E-state index contributed by atoms with van der Waals surface area (Å²) in [5.41, 5.74) is 3.47. The minimum atomic E-state index is 0.647. The third-order valence-corrected chi connectivity index (χ3v) is 2.65. The van der Waals surface area contributed by atoms with Gasteiger partial charge in [0, 0.05) is 19.6 Å². The molecule has 0 fully saturated rings. The quantitative estimate of drug-likeness (QED) is 0.540. The van der Waals surface area contributed by atoms with E-state index in [9.17, 15) is 0 Å². The fourth-order valence-electron chi connectivity index (χ4n) is 1.71. The van der Waals surface area contributed by atoms with Crippen molar-refractivity contribution in [2.45, 2.75) is 40.3 Å². The van der Waals surface area contributed by atoms with Gasteiger partial charge in [0.1, 0.15) is 0 Å². The number of aromatic nitrogens is 2. The van der Waals surface area contributed by atoms with Crippen LogP contribution < -0.4 is 5.32 Å². The zero-order valence-electron chi connectivity index (χ0n) is 11.8. The molecule has 18 heavy (non-hydrogen) atoms. The average molecular weight is 251 g/mol. The lowest BCUT2D eigenvalue weighted by molar-refractivity contribution is 0.157. The Morgan fingerprint density at radius 2 is 2.28 bits per heavy atom. The fraction of sp³-hybridized carbons (Fsp3) is 0.643. The van der Waals surface area contributed by atoms with Crippen LogP contribution in [-0.4, -0.2) is 29.5 Å². The minimum absolute atomic E-state index is 0.647. The molecule has 0 aliphatic carbocycles. The molecule has 0 aromatic carbocycles. The van der Waals surface area contributed by atoms with Gasteiger partial charge in [0.15, 0.2) is 0 Å². The molecule has 0 saturated carbocycles. The maximum absolute atomic E-state index is 5.43. The van der Waals surface area contributed by atoms with Crippen LogP contribution in [0.25, 0.3) is 0 Å². The van der Waals surface area contributed by atoms with Crippen molar-refractivity contribution in [3.05, 3.63) is 29.6 Å². The average Bonchev–Trinajstić information content (AvgIpc) is 2.75. The van der Waals surface area contributed by atoms with E-state index in [1.807, 2.05) is 6.92 Å². The molecule has 1 rings (SSSR count). The van der Waals surface area contributed by atoms with E-state index in [1.165, 1.54) is 5.69 Å². The summed E-state index contributed by atoms with van der Waals surface area (Å²) in [5, 5.41) is 7.89. The van der Waals surface area contributed by atoms with E-state index in [0.717, 1.165) is 37.3 Å². The maximum Gasteiger partial charge on any atom is 0.0672 e. The van der Waals surface area contributed by atoms with Crippen LogP contribution in [0.5, 0.6) is 0 Å². The number of aryl methyl sites for hydroxylation is 2. The van der Waals surface area contributed by atoms with Crippen molar-refractivity contribution in [3.8, 4) is 0 Å². The van der Waals surface area contributed by atoms with E-state index in [2.05, 4.69) is 41.6 Å². The monoisotopic (exact) mass is 251 g/mol. The van der Waals surface area contributed by atoms with Crippen molar-refractivity contribution in [3.63, 3.8) is 0 Å². The third-order valence-electron chi connectivity index (χ3n) is 2.65. The summed E-state index contributed by atoms with van der Waals surface area (Å²) in [6, 6.07) is 2.17. The van der Waals surface area contributed by atoms with Crippen LogP contribution in [0.1, 0.15) is 32.2 Å². The normalized spacial score (nSPS) is 10.8. The molecule has 1 aromatic heterocycles. The summed E-state index contributed by atoms with van der Waals surface area (Å²) in [6.45, 7) is 14.0. The van der Waals surface area contributed by atoms with Crippen molar-refractivity contribution in [2.24, 2.45) is 0 Å². The summed E-state index contributed by atoms with van der Waals surface area (Å²) in [4.78, 5) is 0. The zero-order valence-corrected chi connectivity index (χ0v) is 11.8. The lowest BCUT2D eigenvalue weighted by Crippen LogP contribution is -2.21. The molecule has 0 spiro atoms. The van der Waals surface area contributed by atoms with Crippen molar-refractivity contribution in [1.82, 2.24) is 15.1 Å². The smallest absolute Gasteiger partial charge is 0.0672 e. The number of hydrogen-bond donors (Lipinski definition) is 1. The minimum Gasteiger partial charge on any atom is -0.376 e. The van der Waals surface area contributed by atoms with Crippen LogP contribution in [0.4, 0.5) is 0 Å². The first-order valence-corrected chi connectivity index (χ1v) is 6.65. The Kier molecular flexibility index (Phi) is 6.68. The van der Waals surface area contributed by atoms with Crippen molar-refractivity contribution in [2.75, 3.05) is 19.8 Å². The SMILES string of the molecule is C=C(C)COCCNCc1cc(CC)nn1CC. The van der Waals surface area contributed by atoms with E-state index in [0.29, 0.717) is 13.2 Å². The molecule has 0 saturated heterocycles. The molecular weight excluding hydrogens is 226 g/mol. The highest BCUT2D eigenvalue weighted by atomic mass is 16.5. The number of nitrogens with one attached hydrogen (secondary N) is 1. The molecule has 102 valence electrons. The lowest BCUT2D eigenvalue weighted by Gasteiger charge is -2.07. The Morgan fingerprint density at radius 1 is 1.50 bits per heavy atom. The Morgan fingerprint density at radius 3 is 2.89 bits per heavy atom. The number of hydrogen-bond acceptors (Lipinski definition) is 3. The van der Waals surface area contributed by atoms with Crippen LogP contribution in [0.3, 0.4) is 0 Å². The van der Waals surface area contributed by atoms with E-state index >= 15 is 0 Å². The van der Waals surface area contributed by atoms with Gasteiger partial charge in [-0.1, -0.05) is 19.1 Å². The van der Waals surface area contributed by atoms with Gasteiger partial charge < -0.3 is 10.1 Å². The number of rotatable bonds is 9. The first-order valence-electron chi connectivity index (χ1n) is 6.65. The Labute approximate surface area is 110 Å². The second-order valence-corrected chi connectivity index (χ2v) is 4.48. The topological polar surface area (TPSA) is 39.1 Å². The Hall–Kier alpha value is -1.13. The fourth-order valence-corrected chi connectivity index (χ4v) is 1.71. The maximum atomic E-state index is 5.43. The van der Waals surface area contributed by atoms with E-state index in [4.69, 9.17) is 4.74 Å². The standard InChI is InChI=1S/C14H25N3O/c1-5-13-9-14(17(6-2)16-13)10-15-7-8-18-11-12(3)4/h9,15H,3,5-8,10-11H2,1-2,4H3. The third kappa shape index (κ3) is 5.02. The van der Waals surface area contributed by atoms with Gasteiger partial charge in [-0.05, 0) is 26.3 Å². The van der Waals surface area contributed by atoms with Crippen molar-refractivity contribution < 1.29 is 4.74 Å². The highest BCUT2D eigenvalue weighted by Gasteiger charge is 2.04. The lowest BCUT2D eigenvalue weighted by atomic mass is 10.3. The van der Waals surface area contributed by atoms with Gasteiger partial charge >= 0.3 is 0 Å². The van der Waals surface area contributed by atoms with Crippen molar-refractivity contribution >= 4 is 0 Å². The van der Waals surface area contributed by atoms with E-state index in [-0.39, 0.29) is 0 Å². The molecule has 0 atom stereocenters. The van der Waals surface area contributed by atoms with Gasteiger partial charge in [0.25, 0.3) is 0 Å². The highest BCUT2D eigenvalue weighted by molar-refractivity contribution is 5.10. The number of nitrogens with zero attached hydrogens (tertiary/aromatic N) is 2. The molecule has 4 heteroatoms. The predicted octanol–water partition coefficient (Wildman–Crippen LogP) is 2.15. The molecule has 1 aromatic rings. The number of ether oxygens (including phenoxy) is 1. The highest BCUT2D eigenvalue weighted by Crippen LogP contribution is 2.05. The second-order valence-electron chi connectivity index (χ2n) is 4.48. The van der Waals surface area contributed by atoms with Gasteiger partial charge in [-0.15, -0.1) is 0 Å². The Bertz CT molecular complexity index is 371. The predicted molar refractivity (Wildman–Crippen MR) is 74.6 cm³/mol. The summed E-state index contributed by atoms with van der Waals surface area (Å²) in [5.74, 6) is 0. The van der Waals surface area contributed by atoms with Crippen LogP contribution in [0, 0.1) is 0 Å². The molecule has 1 N–H and O–H groups in total. The van der Waals surface area contributed by atoms with Crippen LogP contribution in [0.15, 0.2) is 18.2 Å². The molecule has 0 unspecified atom stereocenters. The molecule has 0 radical (unpaired) electrons. The molecule has 1 heterocycles. The van der Waals surface area contributed by atoms with E-state index in [1.54, 1.807) is 0 Å². The van der Waals surface area contributed by atoms with Crippen LogP contribution >= 0.6 is 0 Å². The summed E-state index contributed by atoms with van der Waals surface area (Å²) < 4.78 is 7.49. The second kappa shape index (κ2) is 8.06. The van der Waals surface area contributed by atoms with Gasteiger partial charge in [-0.3, -0.25) is 4.68 Å². The molecular formula is C14H25N3O. The summed E-state index contributed by atoms with van der Waals surface area (Å²) in [6.07, 6.45) is 0.988. The molecule has 0 aliphatic heterocycles. The summed E-state index contributed by atoms with van der Waals surface area (Å²) >= 11 is 0. The van der Waals surface area contributed by atoms with Crippen molar-refractivity contribution in [1.29, 1.82) is 0 Å². The van der Waals surface area contributed by atoms with Gasteiger partial charge in [-0.2, -0.15) is 5.10 Å². The molecule has 0 amide bonds. The molecule has 0 bridgehead atoms. The molecule has 4 nitrogen and oxygen atoms in total. The molecule has 0 aliphatic rings. The summed E-state index contributed by atoms with van der Waals surface area (Å²) in [7, 11) is 0. The van der Waals surface area contributed by atoms with Gasteiger partial charge in [0.05, 0.1) is 24.6 Å². The largest absolute Gasteiger partial charge is 0.376 e. The van der Waals surface area contributed by atoms with Gasteiger partial charge in [-0.25, -0.2) is 0 Å².